The Morgan fingerprint density at radius 3 is 2.53 bits per heavy atom. The molecule has 0 radical (unpaired) electrons. The molecule has 0 saturated heterocycles. The average molecular weight is 297 g/mol. The molecule has 92 valence electrons. The van der Waals surface area contributed by atoms with E-state index in [1.807, 2.05) is 24.3 Å². The van der Waals surface area contributed by atoms with Crippen molar-refractivity contribution in [1.82, 2.24) is 5.32 Å². The van der Waals surface area contributed by atoms with Gasteiger partial charge in [0.25, 0.3) is 5.91 Å². The number of rotatable bonds is 2. The normalized spacial score (nSPS) is 24.4. The summed E-state index contributed by atoms with van der Waals surface area (Å²) in [6, 6.07) is 7.59. The zero-order valence-electron chi connectivity index (χ0n) is 9.66. The van der Waals surface area contributed by atoms with Gasteiger partial charge in [0.15, 0.2) is 0 Å². The number of benzene rings is 1. The Morgan fingerprint density at radius 2 is 1.88 bits per heavy atom. The van der Waals surface area contributed by atoms with Gasteiger partial charge in [0.05, 0.1) is 0 Å². The number of hydrogen-bond acceptors (Lipinski definition) is 2. The molecule has 0 heterocycles. The average Bonchev–Trinajstić information content (AvgIpc) is 2.33. The smallest absolute Gasteiger partial charge is 0.251 e. The third-order valence-electron chi connectivity index (χ3n) is 3.24. The zero-order chi connectivity index (χ0) is 12.3. The zero-order valence-corrected chi connectivity index (χ0v) is 11.2. The highest BCUT2D eigenvalue weighted by Crippen LogP contribution is 2.17. The second-order valence-electron chi connectivity index (χ2n) is 4.54. The summed E-state index contributed by atoms with van der Waals surface area (Å²) in [7, 11) is 0. The van der Waals surface area contributed by atoms with Crippen LogP contribution in [-0.2, 0) is 0 Å². The number of hydrogen-bond donors (Lipinski definition) is 2. The summed E-state index contributed by atoms with van der Waals surface area (Å²) in [6.45, 7) is 0. The van der Waals surface area contributed by atoms with Crippen LogP contribution in [0.3, 0.4) is 0 Å². The molecule has 1 aliphatic carbocycles. The maximum absolute atomic E-state index is 12.0. The minimum absolute atomic E-state index is 0.0279. The molecule has 1 aromatic carbocycles. The van der Waals surface area contributed by atoms with Crippen molar-refractivity contribution >= 4 is 21.8 Å². The molecular formula is C13H17BrN2O. The van der Waals surface area contributed by atoms with Crippen molar-refractivity contribution in [1.29, 1.82) is 0 Å². The van der Waals surface area contributed by atoms with Gasteiger partial charge in [0.2, 0.25) is 0 Å². The molecule has 0 aliphatic heterocycles. The molecule has 1 aromatic rings. The van der Waals surface area contributed by atoms with E-state index in [4.69, 9.17) is 5.73 Å². The second kappa shape index (κ2) is 5.65. The fraction of sp³-hybridized carbons (Fsp3) is 0.462. The Labute approximate surface area is 110 Å². The number of carbonyl (C=O) groups is 1. The van der Waals surface area contributed by atoms with E-state index in [2.05, 4.69) is 21.2 Å². The predicted molar refractivity (Wildman–Crippen MR) is 71.8 cm³/mol. The fourth-order valence-corrected chi connectivity index (χ4v) is 2.46. The molecule has 3 nitrogen and oxygen atoms in total. The minimum Gasteiger partial charge on any atom is -0.348 e. The lowest BCUT2D eigenvalue weighted by atomic mass is 9.91. The summed E-state index contributed by atoms with van der Waals surface area (Å²) in [4.78, 5) is 12.0. The maximum Gasteiger partial charge on any atom is 0.251 e. The quantitative estimate of drug-likeness (QED) is 0.881. The van der Waals surface area contributed by atoms with Crippen molar-refractivity contribution in [2.24, 2.45) is 5.73 Å². The van der Waals surface area contributed by atoms with Crippen LogP contribution in [0.25, 0.3) is 0 Å². The summed E-state index contributed by atoms with van der Waals surface area (Å²) in [6.07, 6.45) is 4.32. The van der Waals surface area contributed by atoms with Gasteiger partial charge in [-0.15, -0.1) is 0 Å². The van der Waals surface area contributed by atoms with Gasteiger partial charge >= 0.3 is 0 Å². The lowest BCUT2D eigenvalue weighted by Crippen LogP contribution is -2.49. The Bertz CT molecular complexity index is 391. The first-order valence-corrected chi connectivity index (χ1v) is 6.78. The first-order chi connectivity index (χ1) is 8.16. The molecule has 2 rings (SSSR count). The van der Waals surface area contributed by atoms with Gasteiger partial charge in [-0.1, -0.05) is 28.8 Å². The lowest BCUT2D eigenvalue weighted by Gasteiger charge is -2.29. The van der Waals surface area contributed by atoms with Crippen LogP contribution < -0.4 is 11.1 Å². The number of amides is 1. The van der Waals surface area contributed by atoms with E-state index in [0.29, 0.717) is 5.56 Å². The van der Waals surface area contributed by atoms with Gasteiger partial charge in [-0.25, -0.2) is 0 Å². The van der Waals surface area contributed by atoms with E-state index in [-0.39, 0.29) is 18.0 Å². The third-order valence-corrected chi connectivity index (χ3v) is 3.77. The molecule has 0 spiro atoms. The molecular weight excluding hydrogens is 280 g/mol. The molecule has 17 heavy (non-hydrogen) atoms. The van der Waals surface area contributed by atoms with Crippen molar-refractivity contribution in [2.75, 3.05) is 0 Å². The maximum atomic E-state index is 12.0. The Hall–Kier alpha value is -0.870. The second-order valence-corrected chi connectivity index (χ2v) is 5.45. The van der Waals surface area contributed by atoms with Crippen LogP contribution in [0.2, 0.25) is 0 Å². The highest BCUT2D eigenvalue weighted by Gasteiger charge is 2.23. The molecule has 1 amide bonds. The third kappa shape index (κ3) is 3.30. The van der Waals surface area contributed by atoms with Gasteiger partial charge in [0, 0.05) is 22.1 Å². The van der Waals surface area contributed by atoms with Crippen LogP contribution in [0.5, 0.6) is 0 Å². The van der Waals surface area contributed by atoms with Crippen LogP contribution in [0.15, 0.2) is 28.7 Å². The van der Waals surface area contributed by atoms with Crippen molar-refractivity contribution in [3.63, 3.8) is 0 Å². The molecule has 0 unspecified atom stereocenters. The van der Waals surface area contributed by atoms with Gasteiger partial charge < -0.3 is 11.1 Å². The highest BCUT2D eigenvalue weighted by molar-refractivity contribution is 9.10. The fourth-order valence-electron chi connectivity index (χ4n) is 2.19. The Kier molecular flexibility index (Phi) is 4.18. The number of nitrogens with one attached hydrogen (secondary N) is 1. The van der Waals surface area contributed by atoms with E-state index in [0.717, 1.165) is 23.7 Å². The molecule has 0 aromatic heterocycles. The summed E-state index contributed by atoms with van der Waals surface area (Å²) in [5, 5.41) is 3.03. The summed E-state index contributed by atoms with van der Waals surface area (Å²) >= 11 is 3.35. The van der Waals surface area contributed by atoms with Crippen LogP contribution in [0.1, 0.15) is 36.0 Å². The lowest BCUT2D eigenvalue weighted by molar-refractivity contribution is 0.0921. The van der Waals surface area contributed by atoms with E-state index in [9.17, 15) is 4.79 Å². The van der Waals surface area contributed by atoms with Crippen LogP contribution in [0.4, 0.5) is 0 Å². The summed E-state index contributed by atoms with van der Waals surface area (Å²) in [5.74, 6) is -0.0279. The number of nitrogens with two attached hydrogens (primary N) is 1. The first-order valence-electron chi connectivity index (χ1n) is 5.99. The molecule has 0 bridgehead atoms. The van der Waals surface area contributed by atoms with Gasteiger partial charge in [0.1, 0.15) is 0 Å². The Balaban J connectivity index is 1.98. The van der Waals surface area contributed by atoms with Crippen LogP contribution in [0, 0.1) is 0 Å². The molecule has 2 atom stereocenters. The monoisotopic (exact) mass is 296 g/mol. The van der Waals surface area contributed by atoms with Gasteiger partial charge in [-0.05, 0) is 37.1 Å². The summed E-state index contributed by atoms with van der Waals surface area (Å²) in [5.41, 5.74) is 6.69. The molecule has 1 fully saturated rings. The SMILES string of the molecule is N[C@H]1CCCC[C@H]1NC(=O)c1ccc(Br)cc1. The van der Waals surface area contributed by atoms with Crippen molar-refractivity contribution in [3.8, 4) is 0 Å². The van der Waals surface area contributed by atoms with E-state index in [1.165, 1.54) is 6.42 Å². The molecule has 3 N–H and O–H groups in total. The standard InChI is InChI=1S/C13H17BrN2O/c14-10-7-5-9(6-8-10)13(17)16-12-4-2-1-3-11(12)15/h5-8,11-12H,1-4,15H2,(H,16,17)/t11-,12+/m0/s1. The topological polar surface area (TPSA) is 55.1 Å². The van der Waals surface area contributed by atoms with Crippen molar-refractivity contribution in [2.45, 2.75) is 37.8 Å². The van der Waals surface area contributed by atoms with E-state index < -0.39 is 0 Å². The summed E-state index contributed by atoms with van der Waals surface area (Å²) < 4.78 is 0.975. The van der Waals surface area contributed by atoms with Crippen LogP contribution in [-0.4, -0.2) is 18.0 Å². The number of carbonyl (C=O) groups excluding carboxylic acids is 1. The molecule has 1 saturated carbocycles. The van der Waals surface area contributed by atoms with Gasteiger partial charge in [-0.2, -0.15) is 0 Å². The van der Waals surface area contributed by atoms with Crippen molar-refractivity contribution in [3.05, 3.63) is 34.3 Å². The highest BCUT2D eigenvalue weighted by atomic mass is 79.9. The van der Waals surface area contributed by atoms with E-state index in [1.54, 1.807) is 0 Å². The van der Waals surface area contributed by atoms with Crippen LogP contribution >= 0.6 is 15.9 Å². The Morgan fingerprint density at radius 1 is 1.24 bits per heavy atom. The molecule has 1 aliphatic rings. The van der Waals surface area contributed by atoms with Gasteiger partial charge in [-0.3, -0.25) is 4.79 Å². The molecule has 4 heteroatoms. The predicted octanol–water partition coefficient (Wildman–Crippen LogP) is 2.45. The largest absolute Gasteiger partial charge is 0.348 e. The minimum atomic E-state index is -0.0279. The van der Waals surface area contributed by atoms with E-state index >= 15 is 0 Å². The number of halogens is 1. The first kappa shape index (κ1) is 12.6. The van der Waals surface area contributed by atoms with Crippen molar-refractivity contribution < 1.29 is 4.79 Å².